The Bertz CT molecular complexity index is 447. The molecule has 2 rings (SSSR count). The Balaban J connectivity index is 2.18. The molecule has 19 heavy (non-hydrogen) atoms. The first-order valence-corrected chi connectivity index (χ1v) is 6.44. The Morgan fingerprint density at radius 3 is 2.84 bits per heavy atom. The summed E-state index contributed by atoms with van der Waals surface area (Å²) in [4.78, 5) is 14.9. The average Bonchev–Trinajstić information content (AvgIpc) is 2.40. The first-order chi connectivity index (χ1) is 9.20. The minimum absolute atomic E-state index is 0.00754. The number of ether oxygens (including phenoxy) is 1. The summed E-state index contributed by atoms with van der Waals surface area (Å²) in [7, 11) is 0. The van der Waals surface area contributed by atoms with Crippen LogP contribution in [-0.4, -0.2) is 35.7 Å². The van der Waals surface area contributed by atoms with Crippen molar-refractivity contribution in [2.24, 2.45) is 0 Å². The molecule has 0 saturated carbocycles. The lowest BCUT2D eigenvalue weighted by Crippen LogP contribution is -2.28. The molecule has 1 saturated heterocycles. The smallest absolute Gasteiger partial charge is 0.311 e. The summed E-state index contributed by atoms with van der Waals surface area (Å²) in [6, 6.07) is 3.28. The quantitative estimate of drug-likeness (QED) is 0.626. The normalized spacial score (nSPS) is 16.1. The first-order valence-electron chi connectivity index (χ1n) is 6.44. The van der Waals surface area contributed by atoms with E-state index in [9.17, 15) is 10.1 Å². The van der Waals surface area contributed by atoms with Gasteiger partial charge >= 0.3 is 5.69 Å². The minimum atomic E-state index is -0.412. The van der Waals surface area contributed by atoms with Gasteiger partial charge in [0.1, 0.15) is 5.82 Å². The molecule has 0 radical (unpaired) electrons. The highest BCUT2D eigenvalue weighted by atomic mass is 16.6. The number of hydrogen-bond donors (Lipinski definition) is 2. The molecule has 0 unspecified atom stereocenters. The summed E-state index contributed by atoms with van der Waals surface area (Å²) in [6.07, 6.45) is 1.68. The van der Waals surface area contributed by atoms with Gasteiger partial charge in [0.15, 0.2) is 0 Å². The number of pyridine rings is 1. The fourth-order valence-electron chi connectivity index (χ4n) is 2.02. The summed E-state index contributed by atoms with van der Waals surface area (Å²) in [5.41, 5.74) is 0.00754. The summed E-state index contributed by atoms with van der Waals surface area (Å²) < 4.78 is 5.27. The zero-order chi connectivity index (χ0) is 13.7. The van der Waals surface area contributed by atoms with Crippen LogP contribution in [0.2, 0.25) is 0 Å². The van der Waals surface area contributed by atoms with E-state index < -0.39 is 4.92 Å². The summed E-state index contributed by atoms with van der Waals surface area (Å²) >= 11 is 0. The van der Waals surface area contributed by atoms with E-state index in [1.54, 1.807) is 6.07 Å². The van der Waals surface area contributed by atoms with E-state index in [2.05, 4.69) is 15.6 Å². The van der Waals surface area contributed by atoms with Crippen molar-refractivity contribution in [1.29, 1.82) is 0 Å². The zero-order valence-electron chi connectivity index (χ0n) is 10.9. The van der Waals surface area contributed by atoms with Gasteiger partial charge in [-0.05, 0) is 25.8 Å². The van der Waals surface area contributed by atoms with Gasteiger partial charge in [-0.15, -0.1) is 0 Å². The highest BCUT2D eigenvalue weighted by Crippen LogP contribution is 2.26. The van der Waals surface area contributed by atoms with Crippen molar-refractivity contribution in [2.75, 3.05) is 30.4 Å². The molecule has 2 N–H and O–H groups in total. The fraction of sp³-hybridized carbons (Fsp3) is 0.583. The molecule has 1 fully saturated rings. The maximum Gasteiger partial charge on any atom is 0.311 e. The second-order valence-corrected chi connectivity index (χ2v) is 4.38. The molecule has 7 nitrogen and oxygen atoms in total. The number of aromatic nitrogens is 1. The van der Waals surface area contributed by atoms with Crippen LogP contribution >= 0.6 is 0 Å². The van der Waals surface area contributed by atoms with Crippen molar-refractivity contribution in [3.05, 3.63) is 22.2 Å². The summed E-state index contributed by atoms with van der Waals surface area (Å²) in [5, 5.41) is 17.2. The van der Waals surface area contributed by atoms with Crippen LogP contribution in [0.4, 0.5) is 17.3 Å². The number of hydrogen-bond acceptors (Lipinski definition) is 6. The van der Waals surface area contributed by atoms with Gasteiger partial charge in [0.05, 0.1) is 4.92 Å². The molecule has 1 aromatic heterocycles. The third-order valence-corrected chi connectivity index (χ3v) is 2.99. The van der Waals surface area contributed by atoms with E-state index in [4.69, 9.17) is 4.74 Å². The van der Waals surface area contributed by atoms with Crippen LogP contribution in [0.3, 0.4) is 0 Å². The fourth-order valence-corrected chi connectivity index (χ4v) is 2.02. The highest BCUT2D eigenvalue weighted by molar-refractivity contribution is 5.60. The molecule has 7 heteroatoms. The van der Waals surface area contributed by atoms with Crippen LogP contribution in [0, 0.1) is 10.1 Å². The lowest BCUT2D eigenvalue weighted by Gasteiger charge is -2.23. The highest BCUT2D eigenvalue weighted by Gasteiger charge is 2.21. The predicted octanol–water partition coefficient (Wildman–Crippen LogP) is 2.01. The van der Waals surface area contributed by atoms with Crippen molar-refractivity contribution in [2.45, 2.75) is 25.8 Å². The van der Waals surface area contributed by atoms with Gasteiger partial charge in [-0.3, -0.25) is 10.1 Å². The molecule has 0 aromatic carbocycles. The Labute approximate surface area is 111 Å². The standard InChI is InChI=1S/C12H18N4O3/c1-2-13-11-4-3-10(16(17)18)12(15-11)14-9-5-7-19-8-6-9/h3-4,9H,2,5-8H2,1H3,(H2,13,14,15). The summed E-state index contributed by atoms with van der Waals surface area (Å²) in [6.45, 7) is 4.03. The molecule has 1 aromatic rings. The van der Waals surface area contributed by atoms with Crippen LogP contribution in [0.25, 0.3) is 0 Å². The maximum absolute atomic E-state index is 11.0. The monoisotopic (exact) mass is 266 g/mol. The van der Waals surface area contributed by atoms with Crippen molar-refractivity contribution >= 4 is 17.3 Å². The van der Waals surface area contributed by atoms with Crippen LogP contribution in [0.5, 0.6) is 0 Å². The van der Waals surface area contributed by atoms with Gasteiger partial charge in [-0.2, -0.15) is 0 Å². The van der Waals surface area contributed by atoms with Gasteiger partial charge in [0, 0.05) is 31.9 Å². The molecule has 1 aliphatic rings. The molecule has 104 valence electrons. The zero-order valence-corrected chi connectivity index (χ0v) is 10.9. The Morgan fingerprint density at radius 2 is 2.21 bits per heavy atom. The molecule has 1 aliphatic heterocycles. The second kappa shape index (κ2) is 6.33. The van der Waals surface area contributed by atoms with Crippen LogP contribution in [0.15, 0.2) is 12.1 Å². The molecule has 0 atom stereocenters. The van der Waals surface area contributed by atoms with Gasteiger partial charge in [-0.25, -0.2) is 4.98 Å². The van der Waals surface area contributed by atoms with Gasteiger partial charge < -0.3 is 15.4 Å². The van der Waals surface area contributed by atoms with E-state index in [0.29, 0.717) is 24.8 Å². The first kappa shape index (κ1) is 13.5. The number of nitro groups is 1. The lowest BCUT2D eigenvalue weighted by molar-refractivity contribution is -0.384. The largest absolute Gasteiger partial charge is 0.381 e. The van der Waals surface area contributed by atoms with Gasteiger partial charge in [0.25, 0.3) is 0 Å². The molecular formula is C12H18N4O3. The van der Waals surface area contributed by atoms with E-state index in [1.807, 2.05) is 6.92 Å². The molecule has 2 heterocycles. The number of nitrogens with zero attached hydrogens (tertiary/aromatic N) is 2. The van der Waals surface area contributed by atoms with Crippen molar-refractivity contribution in [3.63, 3.8) is 0 Å². The van der Waals surface area contributed by atoms with Crippen LogP contribution < -0.4 is 10.6 Å². The summed E-state index contributed by atoms with van der Waals surface area (Å²) in [5.74, 6) is 0.970. The topological polar surface area (TPSA) is 89.3 Å². The minimum Gasteiger partial charge on any atom is -0.381 e. The van der Waals surface area contributed by atoms with Crippen molar-refractivity contribution < 1.29 is 9.66 Å². The molecule has 0 bridgehead atoms. The predicted molar refractivity (Wildman–Crippen MR) is 72.5 cm³/mol. The average molecular weight is 266 g/mol. The number of anilines is 2. The van der Waals surface area contributed by atoms with Gasteiger partial charge in [0.2, 0.25) is 5.82 Å². The molecule has 0 amide bonds. The lowest BCUT2D eigenvalue weighted by atomic mass is 10.1. The van der Waals surface area contributed by atoms with Crippen LogP contribution in [0.1, 0.15) is 19.8 Å². The van der Waals surface area contributed by atoms with Gasteiger partial charge in [-0.1, -0.05) is 0 Å². The van der Waals surface area contributed by atoms with Crippen LogP contribution in [-0.2, 0) is 4.74 Å². The third kappa shape index (κ3) is 3.54. The number of nitrogens with one attached hydrogen (secondary N) is 2. The van der Waals surface area contributed by atoms with E-state index >= 15 is 0 Å². The Hall–Kier alpha value is -1.89. The number of rotatable bonds is 5. The molecule has 0 spiro atoms. The van der Waals surface area contributed by atoms with E-state index in [1.165, 1.54) is 6.07 Å². The maximum atomic E-state index is 11.0. The van der Waals surface area contributed by atoms with E-state index in [0.717, 1.165) is 19.4 Å². The molecular weight excluding hydrogens is 248 g/mol. The van der Waals surface area contributed by atoms with Crippen molar-refractivity contribution in [1.82, 2.24) is 4.98 Å². The second-order valence-electron chi connectivity index (χ2n) is 4.38. The SMILES string of the molecule is CCNc1ccc([N+](=O)[O-])c(NC2CCOCC2)n1. The van der Waals surface area contributed by atoms with Crippen molar-refractivity contribution in [3.8, 4) is 0 Å². The Kier molecular flexibility index (Phi) is 4.51. The Morgan fingerprint density at radius 1 is 1.47 bits per heavy atom. The third-order valence-electron chi connectivity index (χ3n) is 2.99. The van der Waals surface area contributed by atoms with E-state index in [-0.39, 0.29) is 11.7 Å². The molecule has 0 aliphatic carbocycles.